The second-order valence-electron chi connectivity index (χ2n) is 2.74. The molecule has 0 bridgehead atoms. The zero-order chi connectivity index (χ0) is 6.97. The maximum Gasteiger partial charge on any atom is 0.171 e. The highest BCUT2D eigenvalue weighted by atomic mass is 15.0. The van der Waals surface area contributed by atoms with Crippen LogP contribution in [0.2, 0.25) is 0 Å². The number of fused-ring (bicyclic) bond motifs is 1. The molecule has 50 valence electrons. The Morgan fingerprint density at radius 3 is 2.90 bits per heavy atom. The van der Waals surface area contributed by atoms with Gasteiger partial charge in [-0.3, -0.25) is 0 Å². The van der Waals surface area contributed by atoms with Gasteiger partial charge in [-0.25, -0.2) is 4.58 Å². The highest BCUT2D eigenvalue weighted by Crippen LogP contribution is 2.11. The molecule has 1 aliphatic heterocycles. The van der Waals surface area contributed by atoms with Gasteiger partial charge in [0, 0.05) is 11.1 Å². The minimum absolute atomic E-state index is 1.07. The van der Waals surface area contributed by atoms with E-state index in [0.29, 0.717) is 0 Å². The Bertz CT molecular complexity index is 287. The molecule has 0 radical (unpaired) electrons. The summed E-state index contributed by atoms with van der Waals surface area (Å²) in [5.74, 6) is 0. The summed E-state index contributed by atoms with van der Waals surface area (Å²) in [5.41, 5.74) is 2.80. The van der Waals surface area contributed by atoms with E-state index in [4.69, 9.17) is 0 Å². The summed E-state index contributed by atoms with van der Waals surface area (Å²) in [4.78, 5) is 0. The fourth-order valence-corrected chi connectivity index (χ4v) is 1.36. The maximum atomic E-state index is 2.20. The third-order valence-electron chi connectivity index (χ3n) is 1.83. The van der Waals surface area contributed by atoms with E-state index in [-0.39, 0.29) is 0 Å². The minimum atomic E-state index is 1.07. The zero-order valence-electron chi connectivity index (χ0n) is 6.04. The second-order valence-corrected chi connectivity index (χ2v) is 2.74. The van der Waals surface area contributed by atoms with Gasteiger partial charge in [-0.05, 0) is 6.07 Å². The van der Waals surface area contributed by atoms with Crippen molar-refractivity contribution in [3.63, 3.8) is 0 Å². The van der Waals surface area contributed by atoms with Crippen molar-refractivity contribution in [1.82, 2.24) is 0 Å². The van der Waals surface area contributed by atoms with Gasteiger partial charge in [-0.15, -0.1) is 0 Å². The molecule has 0 amide bonds. The summed E-state index contributed by atoms with van der Waals surface area (Å²) in [7, 11) is 2.10. The lowest BCUT2D eigenvalue weighted by Gasteiger charge is -1.88. The van der Waals surface area contributed by atoms with E-state index in [1.807, 2.05) is 0 Å². The fourth-order valence-electron chi connectivity index (χ4n) is 1.36. The average molecular weight is 132 g/mol. The SMILES string of the molecule is C[N+]1=Cc2ccccc2C1. The van der Waals surface area contributed by atoms with Crippen LogP contribution in [0, 0.1) is 0 Å². The monoisotopic (exact) mass is 132 g/mol. The topological polar surface area (TPSA) is 3.01 Å². The quantitative estimate of drug-likeness (QED) is 0.467. The molecule has 0 saturated heterocycles. The summed E-state index contributed by atoms with van der Waals surface area (Å²) in [6, 6.07) is 8.49. The first-order valence-corrected chi connectivity index (χ1v) is 3.49. The zero-order valence-corrected chi connectivity index (χ0v) is 6.04. The minimum Gasteiger partial charge on any atom is -0.234 e. The summed E-state index contributed by atoms with van der Waals surface area (Å²) in [6.07, 6.45) is 2.18. The van der Waals surface area contributed by atoms with Crippen molar-refractivity contribution in [3.05, 3.63) is 35.4 Å². The smallest absolute Gasteiger partial charge is 0.171 e. The Kier molecular flexibility index (Phi) is 1.10. The van der Waals surface area contributed by atoms with Gasteiger partial charge in [0.15, 0.2) is 12.8 Å². The summed E-state index contributed by atoms with van der Waals surface area (Å²) in [5, 5.41) is 0. The number of hydrogen-bond acceptors (Lipinski definition) is 0. The van der Waals surface area contributed by atoms with Gasteiger partial charge in [-0.2, -0.15) is 0 Å². The number of rotatable bonds is 0. The molecule has 0 atom stereocenters. The van der Waals surface area contributed by atoms with Gasteiger partial charge >= 0.3 is 0 Å². The summed E-state index contributed by atoms with van der Waals surface area (Å²) in [6.45, 7) is 1.07. The lowest BCUT2D eigenvalue weighted by molar-refractivity contribution is -0.504. The summed E-state index contributed by atoms with van der Waals surface area (Å²) < 4.78 is 2.20. The Labute approximate surface area is 60.6 Å². The van der Waals surface area contributed by atoms with Gasteiger partial charge in [0.1, 0.15) is 7.05 Å². The predicted octanol–water partition coefficient (Wildman–Crippen LogP) is 1.26. The predicted molar refractivity (Wildman–Crippen MR) is 41.5 cm³/mol. The third-order valence-corrected chi connectivity index (χ3v) is 1.83. The number of nitrogens with zero attached hydrogens (tertiary/aromatic N) is 1. The van der Waals surface area contributed by atoms with Crippen molar-refractivity contribution in [2.75, 3.05) is 7.05 Å². The molecule has 1 aromatic rings. The molecule has 0 N–H and O–H groups in total. The number of benzene rings is 1. The fraction of sp³-hybridized carbons (Fsp3) is 0.222. The third kappa shape index (κ3) is 0.747. The Balaban J connectivity index is 2.54. The van der Waals surface area contributed by atoms with Crippen LogP contribution < -0.4 is 0 Å². The molecule has 0 aromatic heterocycles. The Morgan fingerprint density at radius 1 is 1.30 bits per heavy atom. The number of hydrogen-bond donors (Lipinski definition) is 0. The lowest BCUT2D eigenvalue weighted by atomic mass is 10.1. The second kappa shape index (κ2) is 1.94. The van der Waals surface area contributed by atoms with E-state index in [1.165, 1.54) is 11.1 Å². The molecule has 0 spiro atoms. The van der Waals surface area contributed by atoms with E-state index in [9.17, 15) is 0 Å². The Morgan fingerprint density at radius 2 is 2.10 bits per heavy atom. The van der Waals surface area contributed by atoms with Crippen LogP contribution in [-0.2, 0) is 6.54 Å². The first-order chi connectivity index (χ1) is 4.86. The van der Waals surface area contributed by atoms with Crippen molar-refractivity contribution < 1.29 is 4.58 Å². The lowest BCUT2D eigenvalue weighted by Crippen LogP contribution is -1.96. The molecular weight excluding hydrogens is 122 g/mol. The molecule has 0 unspecified atom stereocenters. The highest BCUT2D eigenvalue weighted by Gasteiger charge is 2.12. The van der Waals surface area contributed by atoms with Crippen molar-refractivity contribution in [3.8, 4) is 0 Å². The van der Waals surface area contributed by atoms with Crippen molar-refractivity contribution in [2.24, 2.45) is 0 Å². The van der Waals surface area contributed by atoms with Crippen LogP contribution in [0.5, 0.6) is 0 Å². The molecule has 0 saturated carbocycles. The van der Waals surface area contributed by atoms with E-state index < -0.39 is 0 Å². The van der Waals surface area contributed by atoms with Crippen molar-refractivity contribution in [1.29, 1.82) is 0 Å². The van der Waals surface area contributed by atoms with Crippen LogP contribution in [-0.4, -0.2) is 17.8 Å². The molecule has 1 aliphatic rings. The molecule has 1 heteroatoms. The van der Waals surface area contributed by atoms with Gasteiger partial charge in [0.25, 0.3) is 0 Å². The molecule has 10 heavy (non-hydrogen) atoms. The van der Waals surface area contributed by atoms with Crippen LogP contribution in [0.1, 0.15) is 11.1 Å². The van der Waals surface area contributed by atoms with E-state index >= 15 is 0 Å². The molecule has 0 fully saturated rings. The molecule has 0 aliphatic carbocycles. The molecule has 1 nitrogen and oxygen atoms in total. The normalized spacial score (nSPS) is 14.7. The van der Waals surface area contributed by atoms with Crippen molar-refractivity contribution >= 4 is 6.21 Å². The largest absolute Gasteiger partial charge is 0.234 e. The van der Waals surface area contributed by atoms with E-state index in [0.717, 1.165) is 6.54 Å². The Hall–Kier alpha value is -1.11. The summed E-state index contributed by atoms with van der Waals surface area (Å²) >= 11 is 0. The molecular formula is C9H10N+. The van der Waals surface area contributed by atoms with Gasteiger partial charge in [-0.1, -0.05) is 18.2 Å². The van der Waals surface area contributed by atoms with Gasteiger partial charge in [0.05, 0.1) is 0 Å². The van der Waals surface area contributed by atoms with Gasteiger partial charge in [0.2, 0.25) is 0 Å². The average Bonchev–Trinajstić information content (AvgIpc) is 2.27. The van der Waals surface area contributed by atoms with Crippen LogP contribution >= 0.6 is 0 Å². The maximum absolute atomic E-state index is 2.20. The highest BCUT2D eigenvalue weighted by molar-refractivity contribution is 5.79. The first kappa shape index (κ1) is 5.66. The van der Waals surface area contributed by atoms with Crippen LogP contribution in [0.15, 0.2) is 24.3 Å². The molecule has 1 aromatic carbocycles. The van der Waals surface area contributed by atoms with Crippen LogP contribution in [0.25, 0.3) is 0 Å². The van der Waals surface area contributed by atoms with E-state index in [2.05, 4.69) is 42.1 Å². The molecule has 1 heterocycles. The van der Waals surface area contributed by atoms with E-state index in [1.54, 1.807) is 0 Å². The van der Waals surface area contributed by atoms with Crippen LogP contribution in [0.4, 0.5) is 0 Å². The first-order valence-electron chi connectivity index (χ1n) is 3.49. The molecule has 2 rings (SSSR count). The van der Waals surface area contributed by atoms with Crippen molar-refractivity contribution in [2.45, 2.75) is 6.54 Å². The van der Waals surface area contributed by atoms with Gasteiger partial charge < -0.3 is 0 Å². The standard InChI is InChI=1S/C9H10N/c1-10-6-8-4-2-3-5-9(8)7-10/h2-6H,7H2,1H3/q+1. The van der Waals surface area contributed by atoms with Crippen LogP contribution in [0.3, 0.4) is 0 Å².